The van der Waals surface area contributed by atoms with Gasteiger partial charge in [-0.25, -0.2) is 4.68 Å². The third kappa shape index (κ3) is 3.83. The molecule has 26 heavy (non-hydrogen) atoms. The van der Waals surface area contributed by atoms with Crippen molar-refractivity contribution in [3.05, 3.63) is 35.5 Å². The van der Waals surface area contributed by atoms with E-state index in [4.69, 9.17) is 15.9 Å². The molecule has 1 fully saturated rings. The zero-order chi connectivity index (χ0) is 18.7. The van der Waals surface area contributed by atoms with Crippen LogP contribution in [-0.2, 0) is 0 Å². The van der Waals surface area contributed by atoms with Crippen molar-refractivity contribution in [1.82, 2.24) is 9.78 Å². The van der Waals surface area contributed by atoms with Gasteiger partial charge in [-0.15, -0.1) is 6.42 Å². The minimum Gasteiger partial charge on any atom is -0.493 e. The highest BCUT2D eigenvalue weighted by Gasteiger charge is 2.31. The van der Waals surface area contributed by atoms with Crippen molar-refractivity contribution >= 4 is 11.7 Å². The van der Waals surface area contributed by atoms with Gasteiger partial charge in [-0.3, -0.25) is 4.79 Å². The summed E-state index contributed by atoms with van der Waals surface area (Å²) in [7, 11) is 1.54. The molecule has 1 aliphatic carbocycles. The Kier molecular flexibility index (Phi) is 5.17. The highest BCUT2D eigenvalue weighted by atomic mass is 16.5. The second kappa shape index (κ2) is 7.52. The van der Waals surface area contributed by atoms with Gasteiger partial charge in [-0.05, 0) is 50.8 Å². The van der Waals surface area contributed by atoms with Crippen molar-refractivity contribution in [2.24, 2.45) is 5.92 Å². The standard InChI is InChI=1S/C20H23N3O3/c1-5-10-26-18-12-16(8-9-17(18)25-4)20(24)21-19-11-13(2)22-23(19)14(3)15-6-7-15/h1,8-9,11-12,14-15H,6-7,10H2,2-4H3,(H,21,24). The third-order valence-corrected chi connectivity index (χ3v) is 4.53. The average Bonchev–Trinajstić information content (AvgIpc) is 3.42. The molecule has 0 saturated heterocycles. The van der Waals surface area contributed by atoms with Gasteiger partial charge in [0.2, 0.25) is 0 Å². The molecule has 2 aromatic rings. The van der Waals surface area contributed by atoms with E-state index in [0.717, 1.165) is 5.69 Å². The molecule has 3 rings (SSSR count). The number of aryl methyl sites for hydroxylation is 1. The average molecular weight is 353 g/mol. The fourth-order valence-corrected chi connectivity index (χ4v) is 2.94. The number of rotatable bonds is 7. The lowest BCUT2D eigenvalue weighted by atomic mass is 10.2. The van der Waals surface area contributed by atoms with Crippen LogP contribution < -0.4 is 14.8 Å². The minimum absolute atomic E-state index is 0.103. The first kappa shape index (κ1) is 17.9. The summed E-state index contributed by atoms with van der Waals surface area (Å²) in [5.74, 6) is 4.47. The number of aromatic nitrogens is 2. The van der Waals surface area contributed by atoms with Gasteiger partial charge in [0.25, 0.3) is 5.91 Å². The molecule has 1 N–H and O–H groups in total. The molecular formula is C20H23N3O3. The molecule has 1 unspecified atom stereocenters. The van der Waals surface area contributed by atoms with Gasteiger partial charge in [0.1, 0.15) is 12.4 Å². The predicted molar refractivity (Wildman–Crippen MR) is 99.7 cm³/mol. The molecule has 0 radical (unpaired) electrons. The Morgan fingerprint density at radius 3 is 2.85 bits per heavy atom. The summed E-state index contributed by atoms with van der Waals surface area (Å²) in [6.07, 6.45) is 7.66. The van der Waals surface area contributed by atoms with Gasteiger partial charge < -0.3 is 14.8 Å². The molecular weight excluding hydrogens is 330 g/mol. The topological polar surface area (TPSA) is 65.4 Å². The number of carbonyl (C=O) groups is 1. The third-order valence-electron chi connectivity index (χ3n) is 4.53. The zero-order valence-electron chi connectivity index (χ0n) is 15.3. The van der Waals surface area contributed by atoms with E-state index in [2.05, 4.69) is 23.3 Å². The highest BCUT2D eigenvalue weighted by Crippen LogP contribution is 2.40. The van der Waals surface area contributed by atoms with Crippen LogP contribution in [0.25, 0.3) is 0 Å². The number of nitrogens with zero attached hydrogens (tertiary/aromatic N) is 2. The molecule has 6 nitrogen and oxygen atoms in total. The first-order valence-corrected chi connectivity index (χ1v) is 8.65. The van der Waals surface area contributed by atoms with Gasteiger partial charge in [0, 0.05) is 11.6 Å². The zero-order valence-corrected chi connectivity index (χ0v) is 15.3. The van der Waals surface area contributed by atoms with E-state index in [1.54, 1.807) is 25.3 Å². The minimum atomic E-state index is -0.234. The van der Waals surface area contributed by atoms with Crippen LogP contribution >= 0.6 is 0 Å². The van der Waals surface area contributed by atoms with E-state index in [-0.39, 0.29) is 18.6 Å². The number of nitrogens with one attached hydrogen (secondary N) is 1. The van der Waals surface area contributed by atoms with Crippen molar-refractivity contribution in [1.29, 1.82) is 0 Å². The second-order valence-electron chi connectivity index (χ2n) is 6.51. The van der Waals surface area contributed by atoms with Gasteiger partial charge >= 0.3 is 0 Å². The molecule has 1 saturated carbocycles. The Bertz CT molecular complexity index is 846. The van der Waals surface area contributed by atoms with Crippen LogP contribution in [0.15, 0.2) is 24.3 Å². The summed E-state index contributed by atoms with van der Waals surface area (Å²) in [5.41, 5.74) is 1.34. The van der Waals surface area contributed by atoms with Crippen molar-refractivity contribution in [3.8, 4) is 23.8 Å². The Morgan fingerprint density at radius 2 is 2.19 bits per heavy atom. The summed E-state index contributed by atoms with van der Waals surface area (Å²) in [6.45, 7) is 4.16. The highest BCUT2D eigenvalue weighted by molar-refractivity contribution is 6.04. The number of hydrogen-bond donors (Lipinski definition) is 1. The quantitative estimate of drug-likeness (QED) is 0.775. The smallest absolute Gasteiger partial charge is 0.256 e. The van der Waals surface area contributed by atoms with E-state index in [1.165, 1.54) is 12.8 Å². The van der Waals surface area contributed by atoms with Gasteiger partial charge in [0.05, 0.1) is 18.8 Å². The molecule has 1 atom stereocenters. The van der Waals surface area contributed by atoms with Crippen molar-refractivity contribution < 1.29 is 14.3 Å². The Morgan fingerprint density at radius 1 is 1.42 bits per heavy atom. The summed E-state index contributed by atoms with van der Waals surface area (Å²) in [6, 6.07) is 7.16. The van der Waals surface area contributed by atoms with Crippen LogP contribution in [0.4, 0.5) is 5.82 Å². The molecule has 1 heterocycles. The molecule has 136 valence electrons. The van der Waals surface area contributed by atoms with E-state index >= 15 is 0 Å². The van der Waals surface area contributed by atoms with E-state index in [1.807, 2.05) is 17.7 Å². The SMILES string of the molecule is C#CCOc1cc(C(=O)Nc2cc(C)nn2C(C)C2CC2)ccc1OC. The van der Waals surface area contributed by atoms with Crippen molar-refractivity contribution in [2.75, 3.05) is 19.0 Å². The number of benzene rings is 1. The summed E-state index contributed by atoms with van der Waals surface area (Å²) in [5, 5.41) is 7.50. The van der Waals surface area contributed by atoms with Crippen molar-refractivity contribution in [2.45, 2.75) is 32.7 Å². The number of anilines is 1. The van der Waals surface area contributed by atoms with Crippen LogP contribution in [0.2, 0.25) is 0 Å². The first-order chi connectivity index (χ1) is 12.5. The lowest BCUT2D eigenvalue weighted by Gasteiger charge is -2.16. The Labute approximate surface area is 153 Å². The molecule has 1 aromatic heterocycles. The van der Waals surface area contributed by atoms with Gasteiger partial charge in [-0.1, -0.05) is 5.92 Å². The molecule has 1 aromatic carbocycles. The second-order valence-corrected chi connectivity index (χ2v) is 6.51. The van der Waals surface area contributed by atoms with Crippen LogP contribution in [0, 0.1) is 25.2 Å². The molecule has 0 aliphatic heterocycles. The monoisotopic (exact) mass is 353 g/mol. The lowest BCUT2D eigenvalue weighted by Crippen LogP contribution is -2.18. The van der Waals surface area contributed by atoms with Crippen LogP contribution in [0.3, 0.4) is 0 Å². The first-order valence-electron chi connectivity index (χ1n) is 8.65. The molecule has 1 amide bonds. The maximum absolute atomic E-state index is 12.7. The van der Waals surface area contributed by atoms with Gasteiger partial charge in [-0.2, -0.15) is 5.10 Å². The molecule has 0 bridgehead atoms. The number of hydrogen-bond acceptors (Lipinski definition) is 4. The van der Waals surface area contributed by atoms with E-state index < -0.39 is 0 Å². The Balaban J connectivity index is 1.81. The fourth-order valence-electron chi connectivity index (χ4n) is 2.94. The summed E-state index contributed by atoms with van der Waals surface area (Å²) < 4.78 is 12.6. The van der Waals surface area contributed by atoms with Crippen LogP contribution in [0.5, 0.6) is 11.5 Å². The number of methoxy groups -OCH3 is 1. The maximum Gasteiger partial charge on any atom is 0.256 e. The number of carbonyl (C=O) groups excluding carboxylic acids is 1. The summed E-state index contributed by atoms with van der Waals surface area (Å²) in [4.78, 5) is 12.7. The number of terminal acetylenes is 1. The normalized spacial score (nSPS) is 14.4. The maximum atomic E-state index is 12.7. The molecule has 0 spiro atoms. The van der Waals surface area contributed by atoms with E-state index in [0.29, 0.717) is 28.8 Å². The van der Waals surface area contributed by atoms with Crippen LogP contribution in [0.1, 0.15) is 41.9 Å². The lowest BCUT2D eigenvalue weighted by molar-refractivity contribution is 0.102. The molecule has 1 aliphatic rings. The molecule has 6 heteroatoms. The largest absolute Gasteiger partial charge is 0.493 e. The van der Waals surface area contributed by atoms with Crippen LogP contribution in [-0.4, -0.2) is 29.4 Å². The van der Waals surface area contributed by atoms with Crippen molar-refractivity contribution in [3.63, 3.8) is 0 Å². The fraction of sp³-hybridized carbons (Fsp3) is 0.400. The Hall–Kier alpha value is -2.94. The predicted octanol–water partition coefficient (Wildman–Crippen LogP) is 3.44. The van der Waals surface area contributed by atoms with E-state index in [9.17, 15) is 4.79 Å². The number of ether oxygens (including phenoxy) is 2. The summed E-state index contributed by atoms with van der Waals surface area (Å²) >= 11 is 0. The van der Waals surface area contributed by atoms with Gasteiger partial charge in [0.15, 0.2) is 11.5 Å². The number of amides is 1.